The van der Waals surface area contributed by atoms with Crippen molar-refractivity contribution in [2.75, 3.05) is 0 Å². The third kappa shape index (κ3) is 10.7. The fraction of sp³-hybridized carbons (Fsp3) is 0.552. The Morgan fingerprint density at radius 1 is 0.459 bits per heavy atom. The molecule has 4 fully saturated rings. The summed E-state index contributed by atoms with van der Waals surface area (Å²) in [5, 5.41) is 0. The number of aldehydes is 2. The van der Waals surface area contributed by atoms with E-state index in [1.807, 2.05) is 0 Å². The average Bonchev–Trinajstić information content (AvgIpc) is 3.32. The van der Waals surface area contributed by atoms with Crippen molar-refractivity contribution in [3.63, 3.8) is 0 Å². The molecular formula is C58H74O3. The quantitative estimate of drug-likeness (QED) is 0.106. The highest BCUT2D eigenvalue weighted by atomic mass is 16.5. The lowest BCUT2D eigenvalue weighted by atomic mass is 9.67. The van der Waals surface area contributed by atoms with Crippen LogP contribution < -0.4 is 0 Å². The van der Waals surface area contributed by atoms with Gasteiger partial charge in [-0.15, -0.1) is 0 Å². The minimum atomic E-state index is 0.312. The molecule has 0 saturated heterocycles. The number of rotatable bonds is 16. The van der Waals surface area contributed by atoms with Gasteiger partial charge >= 0.3 is 0 Å². The number of hydrogen-bond donors (Lipinski definition) is 0. The summed E-state index contributed by atoms with van der Waals surface area (Å²) in [4.78, 5) is 25.0. The van der Waals surface area contributed by atoms with Crippen LogP contribution in [-0.2, 0) is 18.0 Å². The van der Waals surface area contributed by atoms with Crippen molar-refractivity contribution in [2.45, 2.75) is 167 Å². The monoisotopic (exact) mass is 819 g/mol. The molecule has 4 saturated carbocycles. The van der Waals surface area contributed by atoms with Crippen molar-refractivity contribution < 1.29 is 14.3 Å². The molecule has 4 aliphatic carbocycles. The van der Waals surface area contributed by atoms with E-state index >= 15 is 0 Å². The number of carbonyl (C=O) groups is 2. The van der Waals surface area contributed by atoms with Crippen LogP contribution in [0.25, 0.3) is 22.3 Å². The fourth-order valence-corrected chi connectivity index (χ4v) is 13.0. The van der Waals surface area contributed by atoms with Crippen LogP contribution in [0.2, 0.25) is 0 Å². The van der Waals surface area contributed by atoms with E-state index in [0.29, 0.717) is 36.2 Å². The highest BCUT2D eigenvalue weighted by Crippen LogP contribution is 2.48. The Labute approximate surface area is 368 Å². The maximum Gasteiger partial charge on any atom is 0.150 e. The lowest BCUT2D eigenvalue weighted by Crippen LogP contribution is -2.25. The second-order valence-electron chi connectivity index (χ2n) is 20.1. The molecule has 3 heteroatoms. The summed E-state index contributed by atoms with van der Waals surface area (Å²) in [7, 11) is 0. The first-order valence-corrected chi connectivity index (χ1v) is 25.0. The summed E-state index contributed by atoms with van der Waals surface area (Å²) in [6, 6.07) is 30.3. The summed E-state index contributed by atoms with van der Waals surface area (Å²) in [6.45, 7) is 5.30. The smallest absolute Gasteiger partial charge is 0.150 e. The average molecular weight is 819 g/mol. The summed E-state index contributed by atoms with van der Waals surface area (Å²) in [6.07, 6.45) is 29.5. The van der Waals surface area contributed by atoms with E-state index in [1.165, 1.54) is 151 Å². The standard InChI is InChI=1S/C58H74O3/c1-3-9-41-15-19-43(20-16-41)45-23-27-47(28-24-45)55-11-5-7-13-57(55)49-31-33-51(53(35-49)37-59)39-61-40-52-34-32-50(36-54(52)38-60)58-14-8-6-12-56(58)48-29-25-46(26-30-48)44-21-17-42(10-4-2)18-22-44/h5-8,11-14,31-38,41-48H,3-4,9-10,15-30,39-40H2,1-2H3. The molecule has 4 aromatic carbocycles. The summed E-state index contributed by atoms with van der Waals surface area (Å²) < 4.78 is 6.26. The van der Waals surface area contributed by atoms with Gasteiger partial charge in [-0.2, -0.15) is 0 Å². The van der Waals surface area contributed by atoms with Crippen molar-refractivity contribution in [1.29, 1.82) is 0 Å². The molecule has 3 nitrogen and oxygen atoms in total. The minimum Gasteiger partial charge on any atom is -0.372 e. The molecule has 324 valence electrons. The molecule has 4 aliphatic rings. The molecule has 0 spiro atoms. The molecule has 0 aromatic heterocycles. The minimum absolute atomic E-state index is 0.312. The third-order valence-corrected chi connectivity index (χ3v) is 16.5. The van der Waals surface area contributed by atoms with E-state index in [4.69, 9.17) is 4.74 Å². The maximum atomic E-state index is 12.5. The van der Waals surface area contributed by atoms with E-state index in [2.05, 4.69) is 98.8 Å². The molecule has 0 bridgehead atoms. The number of carbonyl (C=O) groups excluding carboxylic acids is 2. The molecule has 0 atom stereocenters. The van der Waals surface area contributed by atoms with Crippen LogP contribution in [0.4, 0.5) is 0 Å². The normalized spacial score (nSPS) is 27.0. The van der Waals surface area contributed by atoms with Gasteiger partial charge in [0.2, 0.25) is 0 Å². The van der Waals surface area contributed by atoms with Crippen LogP contribution in [0.15, 0.2) is 84.9 Å². The molecule has 0 unspecified atom stereocenters. The molecule has 0 N–H and O–H groups in total. The predicted molar refractivity (Wildman–Crippen MR) is 253 cm³/mol. The van der Waals surface area contributed by atoms with Crippen LogP contribution in [0.1, 0.15) is 197 Å². The number of benzene rings is 4. The molecule has 0 heterocycles. The Hall–Kier alpha value is -3.82. The van der Waals surface area contributed by atoms with Crippen LogP contribution >= 0.6 is 0 Å². The second kappa shape index (κ2) is 21.5. The molecule has 61 heavy (non-hydrogen) atoms. The zero-order valence-corrected chi connectivity index (χ0v) is 37.6. The van der Waals surface area contributed by atoms with E-state index in [1.54, 1.807) is 0 Å². The fourth-order valence-electron chi connectivity index (χ4n) is 13.0. The topological polar surface area (TPSA) is 43.4 Å². The highest BCUT2D eigenvalue weighted by Gasteiger charge is 2.33. The summed E-state index contributed by atoms with van der Waals surface area (Å²) in [5.74, 6) is 6.76. The van der Waals surface area contributed by atoms with Gasteiger partial charge in [0.25, 0.3) is 0 Å². The van der Waals surface area contributed by atoms with Crippen molar-refractivity contribution in [1.82, 2.24) is 0 Å². The predicted octanol–water partition coefficient (Wildman–Crippen LogP) is 16.1. The van der Waals surface area contributed by atoms with Gasteiger partial charge in [0.1, 0.15) is 12.6 Å². The lowest BCUT2D eigenvalue weighted by molar-refractivity contribution is 0.102. The Kier molecular flexibility index (Phi) is 15.4. The van der Waals surface area contributed by atoms with Crippen LogP contribution in [0, 0.1) is 35.5 Å². The Morgan fingerprint density at radius 3 is 1.18 bits per heavy atom. The van der Waals surface area contributed by atoms with Crippen molar-refractivity contribution in [3.05, 3.63) is 118 Å². The summed E-state index contributed by atoms with van der Waals surface area (Å²) in [5.41, 5.74) is 10.7. The highest BCUT2D eigenvalue weighted by molar-refractivity contribution is 5.83. The maximum absolute atomic E-state index is 12.5. The number of ether oxygens (including phenoxy) is 1. The van der Waals surface area contributed by atoms with E-state index < -0.39 is 0 Å². The van der Waals surface area contributed by atoms with Crippen LogP contribution in [0.3, 0.4) is 0 Å². The van der Waals surface area contributed by atoms with E-state index in [-0.39, 0.29) is 0 Å². The first-order valence-electron chi connectivity index (χ1n) is 25.0. The number of hydrogen-bond acceptors (Lipinski definition) is 3. The zero-order chi connectivity index (χ0) is 42.0. The molecular weight excluding hydrogens is 745 g/mol. The van der Waals surface area contributed by atoms with Gasteiger partial charge in [0, 0.05) is 11.1 Å². The lowest BCUT2D eigenvalue weighted by Gasteiger charge is -2.38. The first kappa shape index (κ1) is 43.8. The SMILES string of the molecule is CCCC1CCC(C2CCC(c3ccccc3-c3ccc(COCc4ccc(-c5ccccc5C5CCC(C6CCC(CCC)CC6)CC5)cc4C=O)c(C=O)c3)CC2)CC1. The molecule has 8 rings (SSSR count). The first-order chi connectivity index (χ1) is 30.0. The van der Waals surface area contributed by atoms with Crippen LogP contribution in [0.5, 0.6) is 0 Å². The van der Waals surface area contributed by atoms with Gasteiger partial charge in [-0.3, -0.25) is 9.59 Å². The van der Waals surface area contributed by atoms with Crippen molar-refractivity contribution in [3.8, 4) is 22.3 Å². The summed E-state index contributed by atoms with van der Waals surface area (Å²) >= 11 is 0. The van der Waals surface area contributed by atoms with Gasteiger partial charge in [-0.05, 0) is 181 Å². The van der Waals surface area contributed by atoms with Gasteiger partial charge in [0.05, 0.1) is 13.2 Å². The second-order valence-corrected chi connectivity index (χ2v) is 20.1. The van der Waals surface area contributed by atoms with Gasteiger partial charge in [0.15, 0.2) is 0 Å². The van der Waals surface area contributed by atoms with Gasteiger partial charge in [-0.1, -0.05) is 138 Å². The van der Waals surface area contributed by atoms with Gasteiger partial charge < -0.3 is 4.74 Å². The Balaban J connectivity index is 0.868. The molecule has 4 aromatic rings. The van der Waals surface area contributed by atoms with Crippen molar-refractivity contribution >= 4 is 12.6 Å². The van der Waals surface area contributed by atoms with E-state index in [0.717, 1.165) is 70.3 Å². The van der Waals surface area contributed by atoms with Crippen LogP contribution in [-0.4, -0.2) is 12.6 Å². The van der Waals surface area contributed by atoms with Crippen molar-refractivity contribution in [2.24, 2.45) is 35.5 Å². The Bertz CT molecular complexity index is 1870. The van der Waals surface area contributed by atoms with Gasteiger partial charge in [-0.25, -0.2) is 0 Å². The Morgan fingerprint density at radius 2 is 0.820 bits per heavy atom. The molecule has 0 amide bonds. The molecule has 0 radical (unpaired) electrons. The zero-order valence-electron chi connectivity index (χ0n) is 37.6. The third-order valence-electron chi connectivity index (χ3n) is 16.5. The van der Waals surface area contributed by atoms with E-state index in [9.17, 15) is 9.59 Å². The largest absolute Gasteiger partial charge is 0.372 e. The molecule has 0 aliphatic heterocycles.